The normalized spacial score (nSPS) is 15.8. The van der Waals surface area contributed by atoms with Crippen molar-refractivity contribution in [2.75, 3.05) is 5.75 Å². The Hall–Kier alpha value is -0.440. The fourth-order valence-corrected chi connectivity index (χ4v) is 2.39. The number of hydrogen-bond donors (Lipinski definition) is 0. The predicted octanol–water partition coefficient (Wildman–Crippen LogP) is 2.81. The molecule has 72 valence electrons. The van der Waals surface area contributed by atoms with E-state index >= 15 is 0 Å². The minimum atomic E-state index is 1.02. The first-order chi connectivity index (χ1) is 6.42. The van der Waals surface area contributed by atoms with Crippen LogP contribution in [0.25, 0.3) is 0 Å². The minimum absolute atomic E-state index is 1.02. The van der Waals surface area contributed by atoms with Crippen LogP contribution in [0.5, 0.6) is 0 Å². The van der Waals surface area contributed by atoms with Crippen LogP contribution < -0.4 is 0 Å². The Morgan fingerprint density at radius 1 is 1.38 bits per heavy atom. The molecule has 0 aliphatic heterocycles. The third kappa shape index (κ3) is 1.90. The Balaban J connectivity index is 2.12. The van der Waals surface area contributed by atoms with Crippen LogP contribution in [0, 0.1) is 0 Å². The second-order valence-corrected chi connectivity index (χ2v) is 4.65. The van der Waals surface area contributed by atoms with Gasteiger partial charge in [0, 0.05) is 17.7 Å². The predicted molar refractivity (Wildman–Crippen MR) is 55.0 cm³/mol. The third-order valence-electron chi connectivity index (χ3n) is 2.47. The van der Waals surface area contributed by atoms with E-state index in [1.54, 1.807) is 0 Å². The smallest absolute Gasteiger partial charge is 0.140 e. The molecule has 3 heteroatoms. The van der Waals surface area contributed by atoms with Gasteiger partial charge in [0.15, 0.2) is 0 Å². The van der Waals surface area contributed by atoms with Crippen LogP contribution >= 0.6 is 11.8 Å². The van der Waals surface area contributed by atoms with E-state index < -0.39 is 0 Å². The van der Waals surface area contributed by atoms with Crippen LogP contribution in [-0.2, 0) is 18.6 Å². The molecule has 0 N–H and O–H groups in total. The highest BCUT2D eigenvalue weighted by atomic mass is 32.2. The van der Waals surface area contributed by atoms with Crippen molar-refractivity contribution in [3.8, 4) is 0 Å². The molecule has 0 radical (unpaired) electrons. The van der Waals surface area contributed by atoms with Crippen molar-refractivity contribution < 1.29 is 4.52 Å². The lowest BCUT2D eigenvalue weighted by molar-refractivity contribution is 0.369. The summed E-state index contributed by atoms with van der Waals surface area (Å²) in [4.78, 5) is 0. The van der Waals surface area contributed by atoms with E-state index in [4.69, 9.17) is 4.52 Å². The van der Waals surface area contributed by atoms with Crippen molar-refractivity contribution >= 4 is 11.8 Å². The molecule has 2 nitrogen and oxygen atoms in total. The summed E-state index contributed by atoms with van der Waals surface area (Å²) in [7, 11) is 0. The van der Waals surface area contributed by atoms with Crippen LogP contribution in [0.15, 0.2) is 4.52 Å². The van der Waals surface area contributed by atoms with Crippen LogP contribution in [0.3, 0.4) is 0 Å². The summed E-state index contributed by atoms with van der Waals surface area (Å²) >= 11 is 1.92. The first-order valence-corrected chi connectivity index (χ1v) is 6.11. The van der Waals surface area contributed by atoms with Crippen LogP contribution in [0.1, 0.15) is 36.8 Å². The average Bonchev–Trinajstić information content (AvgIpc) is 2.58. The number of aromatic nitrogens is 1. The number of thioether (sulfide) groups is 1. The van der Waals surface area contributed by atoms with E-state index in [2.05, 4.69) is 12.1 Å². The maximum atomic E-state index is 5.32. The molecular formula is C10H15NOS. The maximum Gasteiger partial charge on any atom is 0.140 e. The Morgan fingerprint density at radius 2 is 2.23 bits per heavy atom. The quantitative estimate of drug-likeness (QED) is 0.745. The van der Waals surface area contributed by atoms with Crippen LogP contribution in [0.4, 0.5) is 0 Å². The summed E-state index contributed by atoms with van der Waals surface area (Å²) in [6.07, 6.45) is 4.85. The van der Waals surface area contributed by atoms with Gasteiger partial charge in [0.25, 0.3) is 0 Å². The Bertz CT molecular complexity index is 282. The summed E-state index contributed by atoms with van der Waals surface area (Å²) < 4.78 is 5.32. The Labute approximate surface area is 83.1 Å². The Kier molecular flexibility index (Phi) is 2.94. The molecule has 1 aliphatic carbocycles. The van der Waals surface area contributed by atoms with Gasteiger partial charge in [-0.1, -0.05) is 12.1 Å². The van der Waals surface area contributed by atoms with Gasteiger partial charge in [0.2, 0.25) is 0 Å². The molecule has 0 aromatic carbocycles. The van der Waals surface area contributed by atoms with Crippen molar-refractivity contribution in [2.24, 2.45) is 0 Å². The zero-order chi connectivity index (χ0) is 9.10. The summed E-state index contributed by atoms with van der Waals surface area (Å²) in [6, 6.07) is 0. The molecule has 0 unspecified atom stereocenters. The van der Waals surface area contributed by atoms with Gasteiger partial charge in [-0.05, 0) is 25.0 Å². The van der Waals surface area contributed by atoms with Crippen LogP contribution in [0.2, 0.25) is 0 Å². The lowest BCUT2D eigenvalue weighted by atomic mass is 9.97. The second-order valence-electron chi connectivity index (χ2n) is 3.38. The monoisotopic (exact) mass is 197 g/mol. The van der Waals surface area contributed by atoms with Gasteiger partial charge in [-0.15, -0.1) is 0 Å². The summed E-state index contributed by atoms with van der Waals surface area (Å²) in [6.45, 7) is 2.18. The van der Waals surface area contributed by atoms with Gasteiger partial charge in [-0.2, -0.15) is 11.8 Å². The lowest BCUT2D eigenvalue weighted by Crippen LogP contribution is -2.01. The molecule has 0 spiro atoms. The van der Waals surface area contributed by atoms with Gasteiger partial charge in [-0.25, -0.2) is 0 Å². The summed E-state index contributed by atoms with van der Waals surface area (Å²) in [5, 5.41) is 4.14. The van der Waals surface area contributed by atoms with Crippen LogP contribution in [-0.4, -0.2) is 10.9 Å². The first-order valence-electron chi connectivity index (χ1n) is 4.96. The summed E-state index contributed by atoms with van der Waals surface area (Å²) in [5.74, 6) is 3.33. The number of rotatable bonds is 3. The lowest BCUT2D eigenvalue weighted by Gasteiger charge is -2.08. The van der Waals surface area contributed by atoms with Crippen molar-refractivity contribution in [1.29, 1.82) is 0 Å². The number of hydrogen-bond acceptors (Lipinski definition) is 3. The topological polar surface area (TPSA) is 26.0 Å². The SMILES string of the molecule is CCSCc1noc2c1CCCC2. The van der Waals surface area contributed by atoms with E-state index in [1.165, 1.54) is 30.5 Å². The highest BCUT2D eigenvalue weighted by molar-refractivity contribution is 7.98. The fourth-order valence-electron chi connectivity index (χ4n) is 1.76. The van der Waals surface area contributed by atoms with E-state index in [0.29, 0.717) is 0 Å². The number of fused-ring (bicyclic) bond motifs is 1. The number of nitrogens with zero attached hydrogens (tertiary/aromatic N) is 1. The average molecular weight is 197 g/mol. The molecule has 0 saturated carbocycles. The Morgan fingerprint density at radius 3 is 3.08 bits per heavy atom. The molecule has 2 rings (SSSR count). The van der Waals surface area contributed by atoms with Crippen molar-refractivity contribution in [3.63, 3.8) is 0 Å². The van der Waals surface area contributed by atoms with Gasteiger partial charge in [0.05, 0.1) is 5.69 Å². The van der Waals surface area contributed by atoms with Gasteiger partial charge in [0.1, 0.15) is 5.76 Å². The summed E-state index contributed by atoms with van der Waals surface area (Å²) in [5.41, 5.74) is 2.61. The van der Waals surface area contributed by atoms with Gasteiger partial charge in [-0.3, -0.25) is 0 Å². The molecule has 0 bridgehead atoms. The van der Waals surface area contributed by atoms with Crippen molar-refractivity contribution in [2.45, 2.75) is 38.4 Å². The highest BCUT2D eigenvalue weighted by Gasteiger charge is 2.18. The van der Waals surface area contributed by atoms with E-state index in [9.17, 15) is 0 Å². The molecule has 1 aromatic rings. The largest absolute Gasteiger partial charge is 0.361 e. The molecular weight excluding hydrogens is 182 g/mol. The highest BCUT2D eigenvalue weighted by Crippen LogP contribution is 2.26. The third-order valence-corrected chi connectivity index (χ3v) is 3.36. The van der Waals surface area contributed by atoms with Crippen molar-refractivity contribution in [1.82, 2.24) is 5.16 Å². The zero-order valence-corrected chi connectivity index (χ0v) is 8.82. The molecule has 0 saturated heterocycles. The molecule has 1 aliphatic rings. The minimum Gasteiger partial charge on any atom is -0.361 e. The second kappa shape index (κ2) is 4.18. The molecule has 1 heterocycles. The molecule has 0 atom stereocenters. The van der Waals surface area contributed by atoms with E-state index in [-0.39, 0.29) is 0 Å². The van der Waals surface area contributed by atoms with E-state index in [0.717, 1.165) is 23.7 Å². The molecule has 0 fully saturated rings. The fraction of sp³-hybridized carbons (Fsp3) is 0.700. The molecule has 13 heavy (non-hydrogen) atoms. The number of aryl methyl sites for hydroxylation is 1. The van der Waals surface area contributed by atoms with Gasteiger partial charge >= 0.3 is 0 Å². The van der Waals surface area contributed by atoms with E-state index in [1.807, 2.05) is 11.8 Å². The molecule has 0 amide bonds. The van der Waals surface area contributed by atoms with Gasteiger partial charge < -0.3 is 4.52 Å². The molecule has 1 aromatic heterocycles. The first kappa shape index (κ1) is 9.13. The van der Waals surface area contributed by atoms with Crippen molar-refractivity contribution in [3.05, 3.63) is 17.0 Å². The zero-order valence-electron chi connectivity index (χ0n) is 8.01. The maximum absolute atomic E-state index is 5.32. The standard InChI is InChI=1S/C10H15NOS/c1-2-13-7-9-8-5-3-4-6-10(8)12-11-9/h2-7H2,1H3.